The molecule has 166 valence electrons. The molecule has 0 aromatic carbocycles. The van der Waals surface area contributed by atoms with Crippen molar-refractivity contribution in [1.29, 1.82) is 0 Å². The molecule has 0 radical (unpaired) electrons. The van der Waals surface area contributed by atoms with E-state index in [9.17, 15) is 4.79 Å². The van der Waals surface area contributed by atoms with Gasteiger partial charge in [-0.2, -0.15) is 0 Å². The van der Waals surface area contributed by atoms with Crippen LogP contribution >= 0.6 is 11.6 Å². The Bertz CT molecular complexity index is 765. The number of aromatic nitrogens is 1. The highest BCUT2D eigenvalue weighted by Crippen LogP contribution is 2.46. The first-order chi connectivity index (χ1) is 14.5. The van der Waals surface area contributed by atoms with Crippen LogP contribution in [0.2, 0.25) is 5.15 Å². The molecule has 5 heteroatoms. The van der Waals surface area contributed by atoms with Crippen molar-refractivity contribution in [1.82, 2.24) is 15.2 Å². The molecule has 1 aromatic heterocycles. The molecule has 4 rings (SSSR count). The van der Waals surface area contributed by atoms with Crippen LogP contribution in [0.15, 0.2) is 12.1 Å². The van der Waals surface area contributed by atoms with Crippen LogP contribution in [0.1, 0.15) is 77.0 Å². The van der Waals surface area contributed by atoms with Crippen molar-refractivity contribution in [2.75, 3.05) is 19.6 Å². The van der Waals surface area contributed by atoms with E-state index in [1.54, 1.807) is 0 Å². The van der Waals surface area contributed by atoms with E-state index in [1.165, 1.54) is 18.4 Å². The van der Waals surface area contributed by atoms with E-state index in [0.717, 1.165) is 69.8 Å². The van der Waals surface area contributed by atoms with Gasteiger partial charge in [0.05, 0.1) is 5.92 Å². The van der Waals surface area contributed by atoms with Gasteiger partial charge in [0.1, 0.15) is 5.15 Å². The third-order valence-electron chi connectivity index (χ3n) is 8.47. The quantitative estimate of drug-likeness (QED) is 0.668. The first-order valence-corrected chi connectivity index (χ1v) is 12.6. The Hall–Kier alpha value is -1.13. The zero-order valence-corrected chi connectivity index (χ0v) is 19.7. The summed E-state index contributed by atoms with van der Waals surface area (Å²) in [5.74, 6) is 1.76. The SMILES string of the molecule is CCC1CCN(C(=O)C2CNCC23CCCc2nc(Cl)ccc23)C(C(CC)CC)C1. The second-order valence-electron chi connectivity index (χ2n) is 9.80. The highest BCUT2D eigenvalue weighted by Gasteiger charge is 2.52. The summed E-state index contributed by atoms with van der Waals surface area (Å²) >= 11 is 6.20. The Morgan fingerprint density at radius 3 is 2.87 bits per heavy atom. The maximum atomic E-state index is 14.1. The first-order valence-electron chi connectivity index (χ1n) is 12.2. The van der Waals surface area contributed by atoms with Crippen molar-refractivity contribution in [2.24, 2.45) is 17.8 Å². The van der Waals surface area contributed by atoms with Gasteiger partial charge in [0.2, 0.25) is 5.91 Å². The molecular weight excluding hydrogens is 394 g/mol. The summed E-state index contributed by atoms with van der Waals surface area (Å²) < 4.78 is 0. The minimum atomic E-state index is -0.123. The van der Waals surface area contributed by atoms with Crippen LogP contribution in [-0.2, 0) is 16.6 Å². The summed E-state index contributed by atoms with van der Waals surface area (Å²) in [4.78, 5) is 21.1. The van der Waals surface area contributed by atoms with Gasteiger partial charge in [-0.25, -0.2) is 4.98 Å². The number of piperidine rings is 1. The number of fused-ring (bicyclic) bond motifs is 2. The van der Waals surface area contributed by atoms with E-state index in [0.29, 0.717) is 23.0 Å². The molecule has 3 heterocycles. The third kappa shape index (κ3) is 3.79. The number of carbonyl (C=O) groups is 1. The predicted octanol–water partition coefficient (Wildman–Crippen LogP) is 4.98. The summed E-state index contributed by atoms with van der Waals surface area (Å²) in [6.45, 7) is 9.47. The highest BCUT2D eigenvalue weighted by atomic mass is 35.5. The average Bonchev–Trinajstić information content (AvgIpc) is 3.18. The fourth-order valence-corrected chi connectivity index (χ4v) is 6.82. The summed E-state index contributed by atoms with van der Waals surface area (Å²) in [6.07, 6.45) is 8.98. The van der Waals surface area contributed by atoms with Crippen LogP contribution in [0.5, 0.6) is 0 Å². The molecule has 30 heavy (non-hydrogen) atoms. The van der Waals surface area contributed by atoms with Crippen molar-refractivity contribution in [3.05, 3.63) is 28.5 Å². The molecule has 4 nitrogen and oxygen atoms in total. The van der Waals surface area contributed by atoms with E-state index >= 15 is 0 Å². The molecule has 1 amide bonds. The lowest BCUT2D eigenvalue weighted by atomic mass is 9.65. The molecule has 4 unspecified atom stereocenters. The molecule has 4 atom stereocenters. The summed E-state index contributed by atoms with van der Waals surface area (Å²) in [5, 5.41) is 4.16. The molecule has 0 saturated carbocycles. The Labute approximate surface area is 187 Å². The van der Waals surface area contributed by atoms with Gasteiger partial charge in [-0.1, -0.05) is 57.7 Å². The van der Waals surface area contributed by atoms with Crippen molar-refractivity contribution < 1.29 is 4.79 Å². The summed E-state index contributed by atoms with van der Waals surface area (Å²) in [7, 11) is 0. The molecule has 1 spiro atoms. The van der Waals surface area contributed by atoms with E-state index in [-0.39, 0.29) is 11.3 Å². The second-order valence-corrected chi connectivity index (χ2v) is 10.2. The molecule has 2 aliphatic heterocycles. The maximum Gasteiger partial charge on any atom is 0.228 e. The van der Waals surface area contributed by atoms with Crippen LogP contribution < -0.4 is 5.32 Å². The zero-order chi connectivity index (χ0) is 21.3. The molecule has 2 saturated heterocycles. The van der Waals surface area contributed by atoms with Crippen molar-refractivity contribution in [2.45, 2.75) is 83.6 Å². The van der Waals surface area contributed by atoms with Gasteiger partial charge in [-0.05, 0) is 55.6 Å². The molecule has 1 aliphatic carbocycles. The first kappa shape index (κ1) is 22.1. The van der Waals surface area contributed by atoms with Crippen LogP contribution in [0.3, 0.4) is 0 Å². The molecule has 3 aliphatic rings. The van der Waals surface area contributed by atoms with Crippen molar-refractivity contribution >= 4 is 17.5 Å². The minimum absolute atomic E-state index is 0.00886. The number of hydrogen-bond acceptors (Lipinski definition) is 3. The summed E-state index contributed by atoms with van der Waals surface area (Å²) in [6, 6.07) is 4.46. The van der Waals surface area contributed by atoms with Crippen LogP contribution in [0.25, 0.3) is 0 Å². The lowest BCUT2D eigenvalue weighted by Gasteiger charge is -2.47. The van der Waals surface area contributed by atoms with Crippen LogP contribution in [0.4, 0.5) is 0 Å². The van der Waals surface area contributed by atoms with E-state index in [1.807, 2.05) is 6.07 Å². The number of pyridine rings is 1. The largest absolute Gasteiger partial charge is 0.339 e. The topological polar surface area (TPSA) is 45.2 Å². The average molecular weight is 432 g/mol. The zero-order valence-electron chi connectivity index (χ0n) is 18.9. The number of rotatable bonds is 5. The number of aryl methyl sites for hydroxylation is 1. The molecule has 2 fully saturated rings. The minimum Gasteiger partial charge on any atom is -0.339 e. The number of likely N-dealkylation sites (tertiary alicyclic amines) is 1. The Balaban J connectivity index is 1.65. The molecule has 1 aromatic rings. The number of hydrogen-bond donors (Lipinski definition) is 1. The van der Waals surface area contributed by atoms with Gasteiger partial charge in [-0.15, -0.1) is 0 Å². The fraction of sp³-hybridized carbons (Fsp3) is 0.760. The van der Waals surface area contributed by atoms with Crippen molar-refractivity contribution in [3.8, 4) is 0 Å². The number of nitrogens with one attached hydrogen (secondary N) is 1. The smallest absolute Gasteiger partial charge is 0.228 e. The molecular formula is C25H38ClN3O. The lowest BCUT2D eigenvalue weighted by molar-refractivity contribution is -0.143. The number of carbonyl (C=O) groups excluding carboxylic acids is 1. The number of halogens is 1. The van der Waals surface area contributed by atoms with Gasteiger partial charge >= 0.3 is 0 Å². The third-order valence-corrected chi connectivity index (χ3v) is 8.68. The summed E-state index contributed by atoms with van der Waals surface area (Å²) in [5.41, 5.74) is 2.25. The van der Waals surface area contributed by atoms with Gasteiger partial charge in [0, 0.05) is 36.8 Å². The standard InChI is InChI=1S/C25H38ClN3O/c1-4-17-11-13-29(22(14-17)18(5-2)6-3)24(30)20-15-27-16-25(20)12-7-8-21-19(25)9-10-23(26)28-21/h9-10,17-18,20,22,27H,4-8,11-16H2,1-3H3. The van der Waals surface area contributed by atoms with Gasteiger partial charge in [-0.3, -0.25) is 4.79 Å². The Kier molecular flexibility index (Phi) is 6.74. The normalized spacial score (nSPS) is 31.4. The van der Waals surface area contributed by atoms with Crippen LogP contribution in [-0.4, -0.2) is 41.5 Å². The fourth-order valence-electron chi connectivity index (χ4n) is 6.65. The van der Waals surface area contributed by atoms with E-state index in [2.05, 4.69) is 42.0 Å². The number of amides is 1. The highest BCUT2D eigenvalue weighted by molar-refractivity contribution is 6.29. The molecule has 1 N–H and O–H groups in total. The van der Waals surface area contributed by atoms with Gasteiger partial charge in [0.25, 0.3) is 0 Å². The monoisotopic (exact) mass is 431 g/mol. The maximum absolute atomic E-state index is 14.1. The number of nitrogens with zero attached hydrogens (tertiary/aromatic N) is 2. The Morgan fingerprint density at radius 1 is 1.33 bits per heavy atom. The van der Waals surface area contributed by atoms with Crippen LogP contribution in [0, 0.1) is 17.8 Å². The van der Waals surface area contributed by atoms with E-state index < -0.39 is 0 Å². The molecule has 0 bridgehead atoms. The second kappa shape index (κ2) is 9.16. The van der Waals surface area contributed by atoms with Gasteiger partial charge < -0.3 is 10.2 Å². The van der Waals surface area contributed by atoms with Gasteiger partial charge in [0.15, 0.2) is 0 Å². The van der Waals surface area contributed by atoms with E-state index in [4.69, 9.17) is 11.6 Å². The van der Waals surface area contributed by atoms with Crippen molar-refractivity contribution in [3.63, 3.8) is 0 Å². The predicted molar refractivity (Wildman–Crippen MR) is 123 cm³/mol. The Morgan fingerprint density at radius 2 is 2.13 bits per heavy atom. The lowest BCUT2D eigenvalue weighted by Crippen LogP contribution is -2.55.